The number of nitrogens with zero attached hydrogens (tertiary/aromatic N) is 2. The molecule has 4 N–H and O–H groups in total. The molecule has 0 spiro atoms. The zero-order valence-corrected chi connectivity index (χ0v) is 25.9. The van der Waals surface area contributed by atoms with Crippen LogP contribution in [-0.4, -0.2) is 68.8 Å². The molecule has 2 atom stereocenters. The maximum Gasteiger partial charge on any atom is 0.405 e. The van der Waals surface area contributed by atoms with E-state index in [1.165, 1.54) is 37.0 Å². The second-order valence-electron chi connectivity index (χ2n) is 11.7. The van der Waals surface area contributed by atoms with Gasteiger partial charge in [0.25, 0.3) is 5.56 Å². The largest absolute Gasteiger partial charge is 0.497 e. The topological polar surface area (TPSA) is 162 Å². The number of amides is 2. The highest BCUT2D eigenvalue weighted by atomic mass is 16.5. The molecule has 1 saturated carbocycles. The first-order valence-electron chi connectivity index (χ1n) is 15.0. The Kier molecular flexibility index (Phi) is 13.3. The van der Waals surface area contributed by atoms with Crippen molar-refractivity contribution in [1.29, 1.82) is 0 Å². The normalized spacial score (nSPS) is 16.9. The number of fused-ring (bicyclic) bond motifs is 1. The molecule has 42 heavy (non-hydrogen) atoms. The molecule has 2 heterocycles. The Balaban J connectivity index is 0.000000279. The van der Waals surface area contributed by atoms with Crippen molar-refractivity contribution in [2.45, 2.75) is 104 Å². The van der Waals surface area contributed by atoms with Crippen molar-refractivity contribution in [1.82, 2.24) is 20.2 Å². The van der Waals surface area contributed by atoms with Crippen molar-refractivity contribution < 1.29 is 29.3 Å². The van der Waals surface area contributed by atoms with Crippen LogP contribution in [0.5, 0.6) is 5.75 Å². The summed E-state index contributed by atoms with van der Waals surface area (Å²) < 4.78 is 5.16. The van der Waals surface area contributed by atoms with Crippen molar-refractivity contribution in [3.63, 3.8) is 0 Å². The predicted molar refractivity (Wildman–Crippen MR) is 162 cm³/mol. The van der Waals surface area contributed by atoms with Gasteiger partial charge in [-0.1, -0.05) is 66.7 Å². The Labute approximate surface area is 248 Å². The lowest BCUT2D eigenvalue weighted by molar-refractivity contribution is -0.150. The highest BCUT2D eigenvalue weighted by Gasteiger charge is 2.41. The van der Waals surface area contributed by atoms with Gasteiger partial charge in [-0.25, -0.2) is 14.6 Å². The van der Waals surface area contributed by atoms with E-state index < -0.39 is 35.5 Å². The zero-order chi connectivity index (χ0) is 31.4. The molecule has 2 aliphatic rings. The molecule has 234 valence electrons. The molecule has 2 amide bonds. The van der Waals surface area contributed by atoms with Gasteiger partial charge in [-0.3, -0.25) is 9.59 Å². The number of likely N-dealkylation sites (tertiary alicyclic amines) is 1. The molecule has 2 unspecified atom stereocenters. The number of nitrogens with one attached hydrogen (secondary N) is 2. The van der Waals surface area contributed by atoms with Gasteiger partial charge < -0.3 is 30.2 Å². The van der Waals surface area contributed by atoms with Crippen LogP contribution in [-0.2, 0) is 16.0 Å². The van der Waals surface area contributed by atoms with Crippen LogP contribution in [0.15, 0.2) is 23.0 Å². The van der Waals surface area contributed by atoms with E-state index in [0.29, 0.717) is 25.1 Å². The minimum atomic E-state index is -1.29. The number of H-pyrrole nitrogens is 1. The molecule has 1 aliphatic carbocycles. The molecule has 11 nitrogen and oxygen atoms in total. The van der Waals surface area contributed by atoms with E-state index in [2.05, 4.69) is 15.3 Å². The van der Waals surface area contributed by atoms with Gasteiger partial charge in [-0.05, 0) is 49.1 Å². The molecule has 11 heteroatoms. The third kappa shape index (κ3) is 10.3. The maximum absolute atomic E-state index is 12.4. The molecule has 2 aromatic rings. The number of aromatic nitrogens is 2. The summed E-state index contributed by atoms with van der Waals surface area (Å²) in [6, 6.07) is 3.76. The van der Waals surface area contributed by atoms with Gasteiger partial charge in [-0.2, -0.15) is 0 Å². The lowest BCUT2D eigenvalue weighted by Crippen LogP contribution is -2.56. The van der Waals surface area contributed by atoms with Gasteiger partial charge in [-0.15, -0.1) is 0 Å². The molecular formula is C31H48N4O7. The number of hydrogen-bond donors (Lipinski definition) is 4. The van der Waals surface area contributed by atoms with E-state index in [4.69, 9.17) is 14.9 Å². The monoisotopic (exact) mass is 588 g/mol. The van der Waals surface area contributed by atoms with Crippen molar-refractivity contribution in [2.75, 3.05) is 13.7 Å². The molecule has 0 bridgehead atoms. The molecule has 2 fully saturated rings. The maximum atomic E-state index is 12.4. The molecule has 1 aromatic carbocycles. The highest BCUT2D eigenvalue weighted by molar-refractivity contribution is 5.90. The van der Waals surface area contributed by atoms with Crippen LogP contribution >= 0.6 is 0 Å². The first kappa shape index (κ1) is 34.6. The Morgan fingerprint density at radius 3 is 2.38 bits per heavy atom. The number of carbonyl (C=O) groups excluding carboxylic acids is 1. The number of carboxylic acid groups (broad SMARTS) is 2. The summed E-state index contributed by atoms with van der Waals surface area (Å²) in [6.07, 6.45) is 8.24. The number of carbonyl (C=O) groups is 3. The van der Waals surface area contributed by atoms with Crippen LogP contribution in [0.3, 0.4) is 0 Å². The minimum Gasteiger partial charge on any atom is -0.497 e. The lowest BCUT2D eigenvalue weighted by atomic mass is 9.85. The van der Waals surface area contributed by atoms with E-state index in [9.17, 15) is 19.2 Å². The van der Waals surface area contributed by atoms with Crippen molar-refractivity contribution in [3.8, 4) is 5.75 Å². The van der Waals surface area contributed by atoms with Gasteiger partial charge >= 0.3 is 12.1 Å². The van der Waals surface area contributed by atoms with Gasteiger partial charge in [0.2, 0.25) is 5.91 Å². The summed E-state index contributed by atoms with van der Waals surface area (Å²) in [4.78, 5) is 55.0. The van der Waals surface area contributed by atoms with Crippen LogP contribution in [0, 0.1) is 11.3 Å². The summed E-state index contributed by atoms with van der Waals surface area (Å²) in [7, 11) is 1.61. The number of carboxylic acids is 1. The number of benzene rings is 1. The lowest BCUT2D eigenvalue weighted by Gasteiger charge is -2.34. The number of hydrogen-bond acceptors (Lipinski definition) is 6. The summed E-state index contributed by atoms with van der Waals surface area (Å²) in [5.41, 5.74) is 1.51. The summed E-state index contributed by atoms with van der Waals surface area (Å²) in [5, 5.41) is 20.1. The fourth-order valence-corrected chi connectivity index (χ4v) is 4.93. The van der Waals surface area contributed by atoms with E-state index in [-0.39, 0.29) is 5.56 Å². The minimum absolute atomic E-state index is 0.0713. The molecule has 1 aliphatic heterocycles. The standard InChI is InChI=1S/C17H22N2O2.C12H20N2O5.C2H6/c1-21-13-9-10-14-16(11-13)19-17(20)15(18-14)6-4-2-3-5-12-7-8-12;1-12(2,3)8(13-11(18)19)9(15)14-6-4-5-7(14)10(16)17;1-2/h9-12H,2-8H2,1H3,(H,19,20);7-8,13H,4-6H2,1-3H3,(H,16,17)(H,18,19);1-2H3. The van der Waals surface area contributed by atoms with Crippen LogP contribution < -0.4 is 15.6 Å². The quantitative estimate of drug-likeness (QED) is 0.275. The van der Waals surface area contributed by atoms with Gasteiger partial charge in [0.1, 0.15) is 23.5 Å². The zero-order valence-electron chi connectivity index (χ0n) is 25.9. The Bertz CT molecular complexity index is 1250. The highest BCUT2D eigenvalue weighted by Crippen LogP contribution is 2.34. The number of aromatic amines is 1. The number of rotatable bonds is 10. The third-order valence-corrected chi connectivity index (χ3v) is 7.39. The first-order chi connectivity index (χ1) is 19.9. The summed E-state index contributed by atoms with van der Waals surface area (Å²) in [6.45, 7) is 9.55. The van der Waals surface area contributed by atoms with E-state index >= 15 is 0 Å². The third-order valence-electron chi connectivity index (χ3n) is 7.39. The van der Waals surface area contributed by atoms with E-state index in [1.807, 2.05) is 32.0 Å². The number of methoxy groups -OCH3 is 1. The summed E-state index contributed by atoms with van der Waals surface area (Å²) in [5.74, 6) is 0.212. The van der Waals surface area contributed by atoms with Gasteiger partial charge in [0.05, 0.1) is 18.1 Å². The van der Waals surface area contributed by atoms with Crippen molar-refractivity contribution in [2.24, 2.45) is 11.3 Å². The number of aryl methyl sites for hydroxylation is 1. The molecule has 0 radical (unpaired) electrons. The van der Waals surface area contributed by atoms with E-state index in [1.54, 1.807) is 27.9 Å². The molecule has 4 rings (SSSR count). The van der Waals surface area contributed by atoms with Crippen LogP contribution in [0.25, 0.3) is 11.0 Å². The fourth-order valence-electron chi connectivity index (χ4n) is 4.93. The average molecular weight is 589 g/mol. The Morgan fingerprint density at radius 1 is 1.12 bits per heavy atom. The van der Waals surface area contributed by atoms with Gasteiger partial charge in [0, 0.05) is 12.6 Å². The van der Waals surface area contributed by atoms with Gasteiger partial charge in [0.15, 0.2) is 0 Å². The molecule has 1 aromatic heterocycles. The second kappa shape index (κ2) is 16.1. The fraction of sp³-hybridized carbons (Fsp3) is 0.645. The smallest absolute Gasteiger partial charge is 0.405 e. The number of aliphatic carboxylic acids is 1. The van der Waals surface area contributed by atoms with Crippen molar-refractivity contribution in [3.05, 3.63) is 34.2 Å². The van der Waals surface area contributed by atoms with Crippen LogP contribution in [0.2, 0.25) is 0 Å². The Hall–Kier alpha value is -3.63. The first-order valence-corrected chi connectivity index (χ1v) is 15.0. The SMILES string of the molecule is CC.CC(C)(C)C(NC(=O)O)C(=O)N1CCCC1C(=O)O.COc1ccc2nc(CCCCCC3CC3)c(=O)[nH]c2c1. The number of unbranched alkanes of at least 4 members (excludes halogenated alkanes) is 2. The molecular weight excluding hydrogens is 540 g/mol. The second-order valence-corrected chi connectivity index (χ2v) is 11.7. The average Bonchev–Trinajstić information content (AvgIpc) is 3.63. The molecule has 1 saturated heterocycles. The van der Waals surface area contributed by atoms with Crippen LogP contribution in [0.1, 0.15) is 91.7 Å². The Morgan fingerprint density at radius 2 is 1.81 bits per heavy atom. The van der Waals surface area contributed by atoms with E-state index in [0.717, 1.165) is 35.5 Å². The predicted octanol–water partition coefficient (Wildman–Crippen LogP) is 5.22. The van der Waals surface area contributed by atoms with Crippen LogP contribution in [0.4, 0.5) is 4.79 Å². The summed E-state index contributed by atoms with van der Waals surface area (Å²) >= 11 is 0. The van der Waals surface area contributed by atoms with Crippen molar-refractivity contribution >= 4 is 29.0 Å². The number of ether oxygens (including phenoxy) is 1.